The van der Waals surface area contributed by atoms with Gasteiger partial charge in [0.1, 0.15) is 5.75 Å². The minimum absolute atomic E-state index is 0.0352. The number of carbonyl (C=O) groups is 2. The van der Waals surface area contributed by atoms with Crippen LogP contribution in [0.3, 0.4) is 0 Å². The van der Waals surface area contributed by atoms with Crippen molar-refractivity contribution in [1.82, 2.24) is 20.2 Å². The summed E-state index contributed by atoms with van der Waals surface area (Å²) >= 11 is 0. The number of aromatic hydroxyl groups is 1. The molecule has 1 unspecified atom stereocenters. The molecule has 1 atom stereocenters. The van der Waals surface area contributed by atoms with Crippen molar-refractivity contribution in [3.8, 4) is 5.75 Å². The molecule has 1 fully saturated rings. The molecule has 1 aliphatic carbocycles. The van der Waals surface area contributed by atoms with E-state index >= 15 is 0 Å². The second kappa shape index (κ2) is 8.04. The van der Waals surface area contributed by atoms with Crippen molar-refractivity contribution in [1.29, 1.82) is 0 Å². The highest BCUT2D eigenvalue weighted by atomic mass is 16.3. The number of aromatic amines is 1. The number of H-pyrrole nitrogens is 1. The molecule has 0 radical (unpaired) electrons. The second-order valence-corrected chi connectivity index (χ2v) is 7.74. The number of hydrogen-bond donors (Lipinski definition) is 3. The van der Waals surface area contributed by atoms with Crippen molar-refractivity contribution in [3.63, 3.8) is 0 Å². The van der Waals surface area contributed by atoms with Crippen molar-refractivity contribution in [2.75, 3.05) is 6.54 Å². The van der Waals surface area contributed by atoms with Gasteiger partial charge in [-0.3, -0.25) is 9.59 Å². The molecular formula is C21H26N4O3. The number of hydrogen-bond acceptors (Lipinski definition) is 4. The summed E-state index contributed by atoms with van der Waals surface area (Å²) in [4.78, 5) is 34.2. The minimum Gasteiger partial charge on any atom is -0.508 e. The Kier molecular flexibility index (Phi) is 5.32. The van der Waals surface area contributed by atoms with Crippen molar-refractivity contribution in [3.05, 3.63) is 47.5 Å². The summed E-state index contributed by atoms with van der Waals surface area (Å²) in [7, 11) is 0. The number of fused-ring (bicyclic) bond motifs is 1. The number of aromatic nitrogens is 2. The Bertz CT molecular complexity index is 857. The standard InChI is InChI=1S/C21H26N4O3/c26-16-7-3-4-14(10-16)17-11-25(12-18-21(17)23-13-22-18)20(28)9-8-19(27)24-15-5-1-2-6-15/h3-4,7,10,13,15,17,26H,1-2,5-6,8-9,11-12H2,(H,22,23)(H,24,27). The normalized spacial score (nSPS) is 19.4. The minimum atomic E-state index is -0.0987. The smallest absolute Gasteiger partial charge is 0.223 e. The number of phenolic OH excluding ortho intramolecular Hbond substituents is 1. The third-order valence-corrected chi connectivity index (χ3v) is 5.75. The summed E-state index contributed by atoms with van der Waals surface area (Å²) in [6.07, 6.45) is 6.48. The monoisotopic (exact) mass is 382 g/mol. The van der Waals surface area contributed by atoms with E-state index < -0.39 is 0 Å². The lowest BCUT2D eigenvalue weighted by atomic mass is 9.90. The third kappa shape index (κ3) is 4.03. The van der Waals surface area contributed by atoms with Gasteiger partial charge in [-0.15, -0.1) is 0 Å². The summed E-state index contributed by atoms with van der Waals surface area (Å²) in [5.74, 6) is 0.0241. The van der Waals surface area contributed by atoms with Crippen LogP contribution in [0.1, 0.15) is 61.4 Å². The molecule has 28 heavy (non-hydrogen) atoms. The molecule has 2 amide bonds. The van der Waals surface area contributed by atoms with Crippen molar-refractivity contribution < 1.29 is 14.7 Å². The molecule has 2 aliphatic rings. The molecule has 1 saturated carbocycles. The van der Waals surface area contributed by atoms with Crippen LogP contribution in [-0.2, 0) is 16.1 Å². The van der Waals surface area contributed by atoms with Gasteiger partial charge in [0.2, 0.25) is 11.8 Å². The van der Waals surface area contributed by atoms with Crippen LogP contribution < -0.4 is 5.32 Å². The number of amides is 2. The highest BCUT2D eigenvalue weighted by Crippen LogP contribution is 2.33. The molecule has 0 saturated heterocycles. The highest BCUT2D eigenvalue weighted by Gasteiger charge is 2.31. The first-order valence-electron chi connectivity index (χ1n) is 9.98. The van der Waals surface area contributed by atoms with Crippen LogP contribution in [0.2, 0.25) is 0 Å². The average molecular weight is 382 g/mol. The van der Waals surface area contributed by atoms with E-state index in [4.69, 9.17) is 0 Å². The first-order valence-corrected chi connectivity index (χ1v) is 9.98. The van der Waals surface area contributed by atoms with Gasteiger partial charge in [0, 0.05) is 31.3 Å². The summed E-state index contributed by atoms with van der Waals surface area (Å²) < 4.78 is 0. The predicted octanol–water partition coefficient (Wildman–Crippen LogP) is 2.43. The van der Waals surface area contributed by atoms with Gasteiger partial charge in [-0.2, -0.15) is 0 Å². The van der Waals surface area contributed by atoms with Gasteiger partial charge in [-0.1, -0.05) is 25.0 Å². The van der Waals surface area contributed by atoms with E-state index in [2.05, 4.69) is 15.3 Å². The van der Waals surface area contributed by atoms with Crippen molar-refractivity contribution in [2.45, 2.75) is 57.0 Å². The SMILES string of the molecule is O=C(CCC(=O)N1Cc2[nH]cnc2C(c2cccc(O)c2)C1)NC1CCCC1. The first-order chi connectivity index (χ1) is 13.6. The van der Waals surface area contributed by atoms with E-state index in [1.165, 1.54) is 12.8 Å². The fourth-order valence-electron chi connectivity index (χ4n) is 4.26. The molecule has 2 aromatic rings. The van der Waals surface area contributed by atoms with Gasteiger partial charge in [0.25, 0.3) is 0 Å². The van der Waals surface area contributed by atoms with Gasteiger partial charge in [-0.05, 0) is 30.5 Å². The fourth-order valence-corrected chi connectivity index (χ4v) is 4.26. The molecule has 4 rings (SSSR count). The Hall–Kier alpha value is -2.83. The van der Waals surface area contributed by atoms with Crippen LogP contribution in [0.4, 0.5) is 0 Å². The number of carbonyl (C=O) groups excluding carboxylic acids is 2. The van der Waals surface area contributed by atoms with Crippen LogP contribution in [0.15, 0.2) is 30.6 Å². The maximum absolute atomic E-state index is 12.8. The molecule has 2 heterocycles. The number of nitrogens with one attached hydrogen (secondary N) is 2. The quantitative estimate of drug-likeness (QED) is 0.740. The zero-order valence-electron chi connectivity index (χ0n) is 15.9. The van der Waals surface area contributed by atoms with E-state index in [1.807, 2.05) is 6.07 Å². The van der Waals surface area contributed by atoms with Gasteiger partial charge < -0.3 is 20.3 Å². The molecule has 3 N–H and O–H groups in total. The number of imidazole rings is 1. The van der Waals surface area contributed by atoms with Gasteiger partial charge in [0.05, 0.1) is 24.3 Å². The third-order valence-electron chi connectivity index (χ3n) is 5.75. The summed E-state index contributed by atoms with van der Waals surface area (Å²) in [6, 6.07) is 7.35. The molecule has 148 valence electrons. The van der Waals surface area contributed by atoms with Crippen LogP contribution in [0.25, 0.3) is 0 Å². The Morgan fingerprint density at radius 2 is 2.07 bits per heavy atom. The Morgan fingerprint density at radius 1 is 1.25 bits per heavy atom. The van der Waals surface area contributed by atoms with E-state index in [0.29, 0.717) is 13.1 Å². The summed E-state index contributed by atoms with van der Waals surface area (Å²) in [6.45, 7) is 0.956. The number of rotatable bonds is 5. The zero-order chi connectivity index (χ0) is 19.5. The van der Waals surface area contributed by atoms with Crippen LogP contribution in [-0.4, -0.2) is 44.4 Å². The Balaban J connectivity index is 1.40. The molecular weight excluding hydrogens is 356 g/mol. The van der Waals surface area contributed by atoms with Crippen LogP contribution in [0.5, 0.6) is 5.75 Å². The lowest BCUT2D eigenvalue weighted by Crippen LogP contribution is -2.39. The summed E-state index contributed by atoms with van der Waals surface area (Å²) in [5, 5.41) is 12.9. The fraction of sp³-hybridized carbons (Fsp3) is 0.476. The number of benzene rings is 1. The maximum atomic E-state index is 12.8. The molecule has 0 spiro atoms. The van der Waals surface area contributed by atoms with Crippen molar-refractivity contribution in [2.24, 2.45) is 0 Å². The Labute approximate surface area is 164 Å². The second-order valence-electron chi connectivity index (χ2n) is 7.74. The first kappa shape index (κ1) is 18.5. The topological polar surface area (TPSA) is 98.3 Å². The lowest BCUT2D eigenvalue weighted by Gasteiger charge is -2.32. The molecule has 1 aliphatic heterocycles. The lowest BCUT2D eigenvalue weighted by molar-refractivity contribution is -0.134. The molecule has 1 aromatic carbocycles. The van der Waals surface area contributed by atoms with Crippen LogP contribution in [0, 0.1) is 0 Å². The van der Waals surface area contributed by atoms with Crippen molar-refractivity contribution >= 4 is 11.8 Å². The molecule has 1 aromatic heterocycles. The highest BCUT2D eigenvalue weighted by molar-refractivity contribution is 5.84. The van der Waals surface area contributed by atoms with E-state index in [-0.39, 0.29) is 42.4 Å². The maximum Gasteiger partial charge on any atom is 0.223 e. The number of nitrogens with zero attached hydrogens (tertiary/aromatic N) is 2. The molecule has 7 nitrogen and oxygen atoms in total. The Morgan fingerprint density at radius 3 is 2.86 bits per heavy atom. The average Bonchev–Trinajstić information content (AvgIpc) is 3.36. The zero-order valence-corrected chi connectivity index (χ0v) is 15.9. The van der Waals surface area contributed by atoms with E-state index in [0.717, 1.165) is 29.8 Å². The predicted molar refractivity (Wildman–Crippen MR) is 104 cm³/mol. The van der Waals surface area contributed by atoms with E-state index in [1.54, 1.807) is 29.4 Å². The summed E-state index contributed by atoms with van der Waals surface area (Å²) in [5.41, 5.74) is 2.74. The van der Waals surface area contributed by atoms with Crippen LogP contribution >= 0.6 is 0 Å². The van der Waals surface area contributed by atoms with Gasteiger partial charge in [0.15, 0.2) is 0 Å². The largest absolute Gasteiger partial charge is 0.508 e. The molecule has 7 heteroatoms. The van der Waals surface area contributed by atoms with Gasteiger partial charge in [-0.25, -0.2) is 4.98 Å². The van der Waals surface area contributed by atoms with Gasteiger partial charge >= 0.3 is 0 Å². The van der Waals surface area contributed by atoms with E-state index in [9.17, 15) is 14.7 Å². The number of phenols is 1. The molecule has 0 bridgehead atoms.